The van der Waals surface area contributed by atoms with E-state index in [2.05, 4.69) is 5.32 Å². The number of methoxy groups -OCH3 is 2. The van der Waals surface area contributed by atoms with Gasteiger partial charge in [0.15, 0.2) is 11.5 Å². The molecule has 0 heterocycles. The van der Waals surface area contributed by atoms with Crippen LogP contribution in [0, 0.1) is 0 Å². The first-order valence-corrected chi connectivity index (χ1v) is 12.3. The number of nitrogens with one attached hydrogen (secondary N) is 1. The van der Waals surface area contributed by atoms with Crippen LogP contribution in [0.25, 0.3) is 0 Å². The molecule has 0 aliphatic carbocycles. The van der Waals surface area contributed by atoms with Crippen LogP contribution in [0.3, 0.4) is 0 Å². The minimum absolute atomic E-state index is 0.0110. The van der Waals surface area contributed by atoms with Crippen molar-refractivity contribution in [3.8, 4) is 11.5 Å². The van der Waals surface area contributed by atoms with Gasteiger partial charge < -0.3 is 14.8 Å². The average molecular weight is 509 g/mol. The zero-order valence-electron chi connectivity index (χ0n) is 18.1. The van der Waals surface area contributed by atoms with Crippen LogP contribution in [-0.2, 0) is 16.6 Å². The second kappa shape index (κ2) is 10.3. The predicted octanol–water partition coefficient (Wildman–Crippen LogP) is 5.23. The Hall–Kier alpha value is -2.94. The Labute approximate surface area is 202 Å². The standard InChI is InChI=1S/C23H22Cl2N2O5S/c1-31-21-12-17(23(28)26-19-10-9-16(24)11-18(19)25)20(13-22(21)32-2)27(33(3,29)30)14-15-7-5-4-6-8-15/h4-13H,14H2,1-3H3,(H,26,28). The van der Waals surface area contributed by atoms with E-state index >= 15 is 0 Å². The molecule has 0 saturated carbocycles. The molecule has 0 aliphatic rings. The molecular formula is C23H22Cl2N2O5S. The molecule has 3 rings (SSSR count). The van der Waals surface area contributed by atoms with E-state index in [0.717, 1.165) is 16.1 Å². The molecular weight excluding hydrogens is 487 g/mol. The first kappa shape index (κ1) is 24.7. The number of hydrogen-bond acceptors (Lipinski definition) is 5. The summed E-state index contributed by atoms with van der Waals surface area (Å²) in [5.41, 5.74) is 1.24. The fraction of sp³-hybridized carbons (Fsp3) is 0.174. The molecule has 0 unspecified atom stereocenters. The smallest absolute Gasteiger partial charge is 0.257 e. The van der Waals surface area contributed by atoms with Gasteiger partial charge in [-0.3, -0.25) is 9.10 Å². The Balaban J connectivity index is 2.14. The van der Waals surface area contributed by atoms with Crippen molar-refractivity contribution in [1.29, 1.82) is 0 Å². The van der Waals surface area contributed by atoms with Crippen molar-refractivity contribution in [3.63, 3.8) is 0 Å². The fourth-order valence-electron chi connectivity index (χ4n) is 3.17. The van der Waals surface area contributed by atoms with E-state index in [1.165, 1.54) is 32.4 Å². The number of rotatable bonds is 8. The molecule has 0 atom stereocenters. The minimum Gasteiger partial charge on any atom is -0.493 e. The maximum Gasteiger partial charge on any atom is 0.257 e. The number of amides is 1. The third-order valence-electron chi connectivity index (χ3n) is 4.76. The van der Waals surface area contributed by atoms with Crippen LogP contribution in [0.2, 0.25) is 10.0 Å². The first-order valence-electron chi connectivity index (χ1n) is 9.68. The Morgan fingerprint density at radius 3 is 2.18 bits per heavy atom. The number of ether oxygens (including phenoxy) is 2. The number of hydrogen-bond donors (Lipinski definition) is 1. The number of sulfonamides is 1. The Morgan fingerprint density at radius 1 is 0.970 bits per heavy atom. The lowest BCUT2D eigenvalue weighted by Gasteiger charge is -2.26. The van der Waals surface area contributed by atoms with Crippen molar-refractivity contribution in [2.45, 2.75) is 6.54 Å². The molecule has 3 aromatic carbocycles. The fourth-order valence-corrected chi connectivity index (χ4v) is 4.51. The number of benzene rings is 3. The number of nitrogens with zero attached hydrogens (tertiary/aromatic N) is 1. The molecule has 1 N–H and O–H groups in total. The van der Waals surface area contributed by atoms with Gasteiger partial charge in [-0.2, -0.15) is 0 Å². The Morgan fingerprint density at radius 2 is 1.61 bits per heavy atom. The summed E-state index contributed by atoms with van der Waals surface area (Å²) < 4.78 is 37.4. The molecule has 10 heteroatoms. The van der Waals surface area contributed by atoms with Gasteiger partial charge in [-0.1, -0.05) is 53.5 Å². The second-order valence-corrected chi connectivity index (χ2v) is 9.81. The largest absolute Gasteiger partial charge is 0.493 e. The molecule has 0 aromatic heterocycles. The quantitative estimate of drug-likeness (QED) is 0.450. The zero-order valence-corrected chi connectivity index (χ0v) is 20.5. The van der Waals surface area contributed by atoms with Crippen LogP contribution in [0.5, 0.6) is 11.5 Å². The van der Waals surface area contributed by atoms with Crippen molar-refractivity contribution in [3.05, 3.63) is 81.8 Å². The SMILES string of the molecule is COc1cc(C(=O)Nc2ccc(Cl)cc2Cl)c(N(Cc2ccccc2)S(C)(=O)=O)cc1OC. The lowest BCUT2D eigenvalue weighted by Crippen LogP contribution is -2.31. The second-order valence-electron chi connectivity index (χ2n) is 7.06. The molecule has 3 aromatic rings. The molecule has 0 saturated heterocycles. The van der Waals surface area contributed by atoms with Crippen LogP contribution < -0.4 is 19.1 Å². The number of anilines is 2. The molecule has 0 bridgehead atoms. The summed E-state index contributed by atoms with van der Waals surface area (Å²) in [7, 11) is -0.938. The van der Waals surface area contributed by atoms with Crippen LogP contribution in [0.1, 0.15) is 15.9 Å². The summed E-state index contributed by atoms with van der Waals surface area (Å²) in [6.07, 6.45) is 1.07. The van der Waals surface area contributed by atoms with E-state index in [0.29, 0.717) is 10.7 Å². The number of carbonyl (C=O) groups is 1. The van der Waals surface area contributed by atoms with Crippen molar-refractivity contribution >= 4 is 50.5 Å². The van der Waals surface area contributed by atoms with Gasteiger partial charge in [0.05, 0.1) is 49.0 Å². The van der Waals surface area contributed by atoms with Gasteiger partial charge in [0.2, 0.25) is 10.0 Å². The van der Waals surface area contributed by atoms with Crippen LogP contribution in [0.4, 0.5) is 11.4 Å². The molecule has 1 amide bonds. The van der Waals surface area contributed by atoms with E-state index < -0.39 is 15.9 Å². The van der Waals surface area contributed by atoms with Gasteiger partial charge in [-0.05, 0) is 29.8 Å². The number of carbonyl (C=O) groups excluding carboxylic acids is 1. The summed E-state index contributed by atoms with van der Waals surface area (Å²) in [4.78, 5) is 13.3. The van der Waals surface area contributed by atoms with Gasteiger partial charge in [-0.15, -0.1) is 0 Å². The molecule has 33 heavy (non-hydrogen) atoms. The first-order chi connectivity index (χ1) is 15.6. The van der Waals surface area contributed by atoms with Crippen molar-refractivity contribution in [2.75, 3.05) is 30.1 Å². The van der Waals surface area contributed by atoms with Crippen molar-refractivity contribution < 1.29 is 22.7 Å². The minimum atomic E-state index is -3.79. The summed E-state index contributed by atoms with van der Waals surface area (Å²) in [5.74, 6) is -0.0473. The monoisotopic (exact) mass is 508 g/mol. The molecule has 0 spiro atoms. The maximum atomic E-state index is 13.3. The van der Waals surface area contributed by atoms with Gasteiger partial charge >= 0.3 is 0 Å². The predicted molar refractivity (Wildman–Crippen MR) is 131 cm³/mol. The van der Waals surface area contributed by atoms with Crippen molar-refractivity contribution in [1.82, 2.24) is 0 Å². The van der Waals surface area contributed by atoms with E-state index in [9.17, 15) is 13.2 Å². The van der Waals surface area contributed by atoms with Crippen LogP contribution >= 0.6 is 23.2 Å². The van der Waals surface area contributed by atoms with Gasteiger partial charge in [0.25, 0.3) is 5.91 Å². The summed E-state index contributed by atoms with van der Waals surface area (Å²) in [6.45, 7) is 0.0110. The number of halogens is 2. The highest BCUT2D eigenvalue weighted by Crippen LogP contribution is 2.37. The Bertz CT molecular complexity index is 1270. The topological polar surface area (TPSA) is 84.9 Å². The summed E-state index contributed by atoms with van der Waals surface area (Å²) >= 11 is 12.1. The van der Waals surface area contributed by atoms with Crippen molar-refractivity contribution in [2.24, 2.45) is 0 Å². The third-order valence-corrected chi connectivity index (χ3v) is 6.44. The lowest BCUT2D eigenvalue weighted by molar-refractivity contribution is 0.102. The molecule has 0 fully saturated rings. The van der Waals surface area contributed by atoms with Gasteiger partial charge in [0, 0.05) is 11.1 Å². The Kier molecular flexibility index (Phi) is 7.73. The van der Waals surface area contributed by atoms with E-state index in [4.69, 9.17) is 32.7 Å². The van der Waals surface area contributed by atoms with Crippen LogP contribution in [0.15, 0.2) is 60.7 Å². The average Bonchev–Trinajstić information content (AvgIpc) is 2.78. The highest BCUT2D eigenvalue weighted by Gasteiger charge is 2.27. The highest BCUT2D eigenvalue weighted by atomic mass is 35.5. The van der Waals surface area contributed by atoms with Crippen LogP contribution in [-0.4, -0.2) is 34.8 Å². The molecule has 0 radical (unpaired) electrons. The van der Waals surface area contributed by atoms with E-state index in [1.54, 1.807) is 36.4 Å². The molecule has 7 nitrogen and oxygen atoms in total. The highest BCUT2D eigenvalue weighted by molar-refractivity contribution is 7.92. The van der Waals surface area contributed by atoms with Gasteiger partial charge in [-0.25, -0.2) is 8.42 Å². The summed E-state index contributed by atoms with van der Waals surface area (Å²) in [6, 6.07) is 16.6. The lowest BCUT2D eigenvalue weighted by atomic mass is 10.1. The molecule has 0 aliphatic heterocycles. The zero-order chi connectivity index (χ0) is 24.2. The normalized spacial score (nSPS) is 11.1. The van der Waals surface area contributed by atoms with E-state index in [1.807, 2.05) is 6.07 Å². The van der Waals surface area contributed by atoms with Gasteiger partial charge in [0.1, 0.15) is 0 Å². The van der Waals surface area contributed by atoms with E-state index in [-0.39, 0.29) is 34.3 Å². The molecule has 174 valence electrons. The third kappa shape index (κ3) is 5.90. The maximum absolute atomic E-state index is 13.3. The summed E-state index contributed by atoms with van der Waals surface area (Å²) in [5, 5.41) is 3.36.